The fraction of sp³-hybridized carbons (Fsp3) is 0.529. The van der Waals surface area contributed by atoms with Gasteiger partial charge in [-0.25, -0.2) is 0 Å². The van der Waals surface area contributed by atoms with Crippen molar-refractivity contribution in [3.8, 4) is 5.75 Å². The summed E-state index contributed by atoms with van der Waals surface area (Å²) in [6, 6.07) is 7.67. The molecule has 0 bridgehead atoms. The van der Waals surface area contributed by atoms with Crippen LogP contribution < -0.4 is 15.4 Å². The number of aryl methyl sites for hydroxylation is 1. The Hall–Kier alpha value is -2.04. The largest absolute Gasteiger partial charge is 0.483 e. The van der Waals surface area contributed by atoms with E-state index in [0.29, 0.717) is 13.1 Å². The van der Waals surface area contributed by atoms with Crippen molar-refractivity contribution in [3.05, 3.63) is 29.8 Å². The number of carbonyl (C=O) groups is 2. The minimum absolute atomic E-state index is 0.0236. The first-order chi connectivity index (χ1) is 10.3. The van der Waals surface area contributed by atoms with Crippen LogP contribution in [0.1, 0.15) is 33.3 Å². The van der Waals surface area contributed by atoms with Gasteiger partial charge in [-0.1, -0.05) is 45.9 Å². The first kappa shape index (κ1) is 18.0. The van der Waals surface area contributed by atoms with Gasteiger partial charge in [-0.3, -0.25) is 9.59 Å². The van der Waals surface area contributed by atoms with Crippen molar-refractivity contribution in [1.82, 2.24) is 10.6 Å². The van der Waals surface area contributed by atoms with E-state index in [1.807, 2.05) is 52.0 Å². The van der Waals surface area contributed by atoms with E-state index in [-0.39, 0.29) is 18.4 Å². The van der Waals surface area contributed by atoms with Crippen molar-refractivity contribution in [1.29, 1.82) is 0 Å². The number of nitrogens with one attached hydrogen (secondary N) is 2. The molecule has 5 heteroatoms. The highest BCUT2D eigenvalue weighted by Crippen LogP contribution is 2.17. The van der Waals surface area contributed by atoms with Crippen molar-refractivity contribution in [2.75, 3.05) is 19.7 Å². The smallest absolute Gasteiger partial charge is 0.258 e. The van der Waals surface area contributed by atoms with E-state index in [0.717, 1.165) is 17.7 Å². The molecule has 0 aliphatic carbocycles. The van der Waals surface area contributed by atoms with Crippen LogP contribution in [-0.4, -0.2) is 31.5 Å². The SMILES string of the molecule is CCc1ccccc1OCC(=O)NCCNC(=O)C(C)(C)C. The number of rotatable bonds is 7. The number of amides is 2. The highest BCUT2D eigenvalue weighted by molar-refractivity contribution is 5.81. The molecule has 0 aliphatic rings. The van der Waals surface area contributed by atoms with Crippen LogP contribution in [-0.2, 0) is 16.0 Å². The van der Waals surface area contributed by atoms with Crippen LogP contribution in [0.2, 0.25) is 0 Å². The second kappa shape index (κ2) is 8.41. The van der Waals surface area contributed by atoms with Crippen molar-refractivity contribution in [2.24, 2.45) is 5.41 Å². The topological polar surface area (TPSA) is 67.4 Å². The van der Waals surface area contributed by atoms with Gasteiger partial charge in [0, 0.05) is 18.5 Å². The standard InChI is InChI=1S/C17H26N2O3/c1-5-13-8-6-7-9-14(13)22-12-15(20)18-10-11-19-16(21)17(2,3)4/h6-9H,5,10-12H2,1-4H3,(H,18,20)(H,19,21). The summed E-state index contributed by atoms with van der Waals surface area (Å²) < 4.78 is 5.52. The fourth-order valence-electron chi connectivity index (χ4n) is 1.77. The third-order valence-electron chi connectivity index (χ3n) is 3.13. The van der Waals surface area contributed by atoms with Crippen LogP contribution in [0.5, 0.6) is 5.75 Å². The van der Waals surface area contributed by atoms with Crippen LogP contribution in [0.4, 0.5) is 0 Å². The number of hydrogen-bond acceptors (Lipinski definition) is 3. The van der Waals surface area contributed by atoms with Gasteiger partial charge in [-0.05, 0) is 18.1 Å². The molecule has 2 N–H and O–H groups in total. The van der Waals surface area contributed by atoms with Gasteiger partial charge in [0.1, 0.15) is 5.75 Å². The highest BCUT2D eigenvalue weighted by atomic mass is 16.5. The molecule has 1 rings (SSSR count). The molecule has 22 heavy (non-hydrogen) atoms. The maximum absolute atomic E-state index is 11.7. The highest BCUT2D eigenvalue weighted by Gasteiger charge is 2.20. The first-order valence-corrected chi connectivity index (χ1v) is 7.60. The van der Waals surface area contributed by atoms with E-state index in [1.54, 1.807) is 0 Å². The molecule has 122 valence electrons. The molecule has 0 fully saturated rings. The molecule has 0 atom stereocenters. The summed E-state index contributed by atoms with van der Waals surface area (Å²) in [6.07, 6.45) is 0.858. The van der Waals surface area contributed by atoms with Gasteiger partial charge >= 0.3 is 0 Å². The van der Waals surface area contributed by atoms with Crippen LogP contribution in [0.15, 0.2) is 24.3 Å². The number of carbonyl (C=O) groups excluding carboxylic acids is 2. The quantitative estimate of drug-likeness (QED) is 0.756. The molecular weight excluding hydrogens is 280 g/mol. The first-order valence-electron chi connectivity index (χ1n) is 7.60. The summed E-state index contributed by atoms with van der Waals surface area (Å²) in [5.41, 5.74) is 0.657. The Bertz CT molecular complexity index is 507. The molecule has 0 saturated carbocycles. The third kappa shape index (κ3) is 6.16. The van der Waals surface area contributed by atoms with Gasteiger partial charge in [0.05, 0.1) is 0 Å². The summed E-state index contributed by atoms with van der Waals surface area (Å²) >= 11 is 0. The van der Waals surface area contributed by atoms with Crippen LogP contribution >= 0.6 is 0 Å². The number of para-hydroxylation sites is 1. The maximum atomic E-state index is 11.7. The second-order valence-corrected chi connectivity index (χ2v) is 6.11. The lowest BCUT2D eigenvalue weighted by Crippen LogP contribution is -2.40. The molecule has 5 nitrogen and oxygen atoms in total. The number of ether oxygens (including phenoxy) is 1. The average molecular weight is 306 g/mol. The average Bonchev–Trinajstić information content (AvgIpc) is 2.48. The number of hydrogen-bond donors (Lipinski definition) is 2. The molecule has 0 saturated heterocycles. The lowest BCUT2D eigenvalue weighted by Gasteiger charge is -2.17. The lowest BCUT2D eigenvalue weighted by atomic mass is 9.96. The zero-order valence-corrected chi connectivity index (χ0v) is 13.9. The molecule has 0 unspecified atom stereocenters. The number of benzene rings is 1. The summed E-state index contributed by atoms with van der Waals surface area (Å²) in [7, 11) is 0. The monoisotopic (exact) mass is 306 g/mol. The Morgan fingerprint density at radius 1 is 1.09 bits per heavy atom. The summed E-state index contributed by atoms with van der Waals surface area (Å²) in [5, 5.41) is 5.49. The Labute approximate surface area is 132 Å². The van der Waals surface area contributed by atoms with Crippen LogP contribution in [0.25, 0.3) is 0 Å². The summed E-state index contributed by atoms with van der Waals surface area (Å²) in [6.45, 7) is 8.36. The van der Waals surface area contributed by atoms with E-state index >= 15 is 0 Å². The predicted octanol–water partition coefficient (Wildman–Crippen LogP) is 1.91. The third-order valence-corrected chi connectivity index (χ3v) is 3.13. The summed E-state index contributed by atoms with van der Waals surface area (Å²) in [5.74, 6) is 0.506. The molecule has 0 spiro atoms. The van der Waals surface area contributed by atoms with E-state index in [2.05, 4.69) is 10.6 Å². The normalized spacial score (nSPS) is 10.9. The van der Waals surface area contributed by atoms with Gasteiger partial charge < -0.3 is 15.4 Å². The van der Waals surface area contributed by atoms with Crippen molar-refractivity contribution in [2.45, 2.75) is 34.1 Å². The zero-order chi connectivity index (χ0) is 16.6. The van der Waals surface area contributed by atoms with Gasteiger partial charge in [0.25, 0.3) is 5.91 Å². The molecule has 1 aromatic rings. The Morgan fingerprint density at radius 2 is 1.73 bits per heavy atom. The van der Waals surface area contributed by atoms with Gasteiger partial charge in [0.15, 0.2) is 6.61 Å². The molecule has 0 heterocycles. The molecule has 0 radical (unpaired) electrons. The van der Waals surface area contributed by atoms with Crippen LogP contribution in [0.3, 0.4) is 0 Å². The minimum atomic E-state index is -0.420. The van der Waals surface area contributed by atoms with Crippen molar-refractivity contribution in [3.63, 3.8) is 0 Å². The Kier molecular flexibility index (Phi) is 6.89. The van der Waals surface area contributed by atoms with E-state index < -0.39 is 5.41 Å². The molecule has 0 aromatic heterocycles. The van der Waals surface area contributed by atoms with Gasteiger partial charge in [0.2, 0.25) is 5.91 Å². The van der Waals surface area contributed by atoms with E-state index in [1.165, 1.54) is 0 Å². The Morgan fingerprint density at radius 3 is 2.36 bits per heavy atom. The molecular formula is C17H26N2O3. The molecule has 0 aliphatic heterocycles. The van der Waals surface area contributed by atoms with Crippen LogP contribution in [0, 0.1) is 5.41 Å². The van der Waals surface area contributed by atoms with E-state index in [9.17, 15) is 9.59 Å². The van der Waals surface area contributed by atoms with Crippen molar-refractivity contribution >= 4 is 11.8 Å². The lowest BCUT2D eigenvalue weighted by molar-refractivity contribution is -0.128. The minimum Gasteiger partial charge on any atom is -0.483 e. The van der Waals surface area contributed by atoms with Crippen molar-refractivity contribution < 1.29 is 14.3 Å². The van der Waals surface area contributed by atoms with Gasteiger partial charge in [-0.15, -0.1) is 0 Å². The predicted molar refractivity (Wildman–Crippen MR) is 86.8 cm³/mol. The van der Waals surface area contributed by atoms with E-state index in [4.69, 9.17) is 4.74 Å². The van der Waals surface area contributed by atoms with Gasteiger partial charge in [-0.2, -0.15) is 0 Å². The maximum Gasteiger partial charge on any atom is 0.258 e. The fourth-order valence-corrected chi connectivity index (χ4v) is 1.77. The Balaban J connectivity index is 2.26. The zero-order valence-electron chi connectivity index (χ0n) is 13.9. The summed E-state index contributed by atoms with van der Waals surface area (Å²) in [4.78, 5) is 23.4. The second-order valence-electron chi connectivity index (χ2n) is 6.11. The molecule has 2 amide bonds. The molecule has 1 aromatic carbocycles.